The first-order chi connectivity index (χ1) is 12.5. The number of hydrogen-bond acceptors (Lipinski definition) is 5. The van der Waals surface area contributed by atoms with Crippen molar-refractivity contribution in [3.05, 3.63) is 64.2 Å². The van der Waals surface area contributed by atoms with E-state index in [4.69, 9.17) is 0 Å². The molecule has 2 aromatic carbocycles. The quantitative estimate of drug-likeness (QED) is 0.411. The number of nitrogens with zero attached hydrogens (tertiary/aromatic N) is 4. The molecule has 0 fully saturated rings. The third kappa shape index (κ3) is 3.16. The smallest absolute Gasteiger partial charge is 0.295 e. The molecule has 0 aliphatic rings. The van der Waals surface area contributed by atoms with Crippen molar-refractivity contribution >= 4 is 28.2 Å². The third-order valence-corrected chi connectivity index (χ3v) is 3.91. The summed E-state index contributed by atoms with van der Waals surface area (Å²) in [5.41, 5.74) is 0.851. The minimum atomic E-state index is -0.722. The van der Waals surface area contributed by atoms with Crippen LogP contribution in [0.2, 0.25) is 0 Å². The zero-order valence-corrected chi connectivity index (χ0v) is 14.0. The molecular formula is C18H16N4O4. The van der Waals surface area contributed by atoms with Crippen LogP contribution >= 0.6 is 0 Å². The molecule has 0 spiro atoms. The predicted molar refractivity (Wildman–Crippen MR) is 95.8 cm³/mol. The van der Waals surface area contributed by atoms with E-state index in [0.29, 0.717) is 11.9 Å². The number of nitro groups is 1. The Morgan fingerprint density at radius 1 is 1.23 bits per heavy atom. The number of rotatable bonds is 5. The number of non-ortho nitro benzene ring substituents is 1. The molecule has 3 rings (SSSR count). The number of aryl methyl sites for hydroxylation is 1. The summed E-state index contributed by atoms with van der Waals surface area (Å²) < 4.78 is 1.71. The molecule has 132 valence electrons. The minimum absolute atomic E-state index is 0.0553. The Balaban J connectivity index is 1.98. The van der Waals surface area contributed by atoms with Gasteiger partial charge in [-0.2, -0.15) is 0 Å². The summed E-state index contributed by atoms with van der Waals surface area (Å²) in [5.74, 6) is -0.788. The van der Waals surface area contributed by atoms with Crippen molar-refractivity contribution in [1.29, 1.82) is 0 Å². The molecule has 1 N–H and O–H groups in total. The molecule has 26 heavy (non-hydrogen) atoms. The van der Waals surface area contributed by atoms with Gasteiger partial charge in [-0.15, -0.1) is 10.2 Å². The topological polar surface area (TPSA) is 110 Å². The molecule has 8 nitrogen and oxygen atoms in total. The molecular weight excluding hydrogens is 336 g/mol. The molecule has 0 saturated carbocycles. The molecule has 1 heterocycles. The maximum absolute atomic E-state index is 12.2. The molecule has 0 unspecified atom stereocenters. The number of para-hydroxylation sites is 1. The van der Waals surface area contributed by atoms with Crippen LogP contribution in [-0.4, -0.2) is 20.5 Å². The Hall–Kier alpha value is -3.55. The maximum atomic E-state index is 12.2. The van der Waals surface area contributed by atoms with Gasteiger partial charge in [-0.1, -0.05) is 31.2 Å². The highest BCUT2D eigenvalue weighted by atomic mass is 16.6. The number of amides is 1. The van der Waals surface area contributed by atoms with Gasteiger partial charge in [0, 0.05) is 24.1 Å². The molecule has 0 aliphatic heterocycles. The lowest BCUT2D eigenvalue weighted by Crippen LogP contribution is -1.96. The highest BCUT2D eigenvalue weighted by Crippen LogP contribution is 2.39. The lowest BCUT2D eigenvalue weighted by molar-refractivity contribution is -0.384. The molecule has 0 radical (unpaired) electrons. The van der Waals surface area contributed by atoms with Crippen molar-refractivity contribution < 1.29 is 14.8 Å². The van der Waals surface area contributed by atoms with E-state index >= 15 is 0 Å². The first kappa shape index (κ1) is 17.3. The number of fused-ring (bicyclic) bond motifs is 1. The lowest BCUT2D eigenvalue weighted by Gasteiger charge is -2.03. The van der Waals surface area contributed by atoms with Crippen LogP contribution in [-0.2, 0) is 6.54 Å². The monoisotopic (exact) mass is 352 g/mol. The van der Waals surface area contributed by atoms with Crippen LogP contribution < -0.4 is 0 Å². The van der Waals surface area contributed by atoms with E-state index in [1.807, 2.05) is 19.1 Å². The van der Waals surface area contributed by atoms with Gasteiger partial charge >= 0.3 is 0 Å². The van der Waals surface area contributed by atoms with Crippen molar-refractivity contribution in [3.63, 3.8) is 0 Å². The fourth-order valence-corrected chi connectivity index (χ4v) is 2.73. The van der Waals surface area contributed by atoms with Crippen LogP contribution in [0.5, 0.6) is 5.88 Å². The van der Waals surface area contributed by atoms with E-state index in [-0.39, 0.29) is 22.8 Å². The van der Waals surface area contributed by atoms with Gasteiger partial charge in [0.2, 0.25) is 5.88 Å². The number of aromatic hydroxyl groups is 1. The van der Waals surface area contributed by atoms with E-state index in [2.05, 4.69) is 10.2 Å². The van der Waals surface area contributed by atoms with E-state index in [1.54, 1.807) is 16.7 Å². The summed E-state index contributed by atoms with van der Waals surface area (Å²) in [6.07, 6.45) is 0.815. The van der Waals surface area contributed by atoms with E-state index in [9.17, 15) is 20.0 Å². The fourth-order valence-electron chi connectivity index (χ4n) is 2.73. The summed E-state index contributed by atoms with van der Waals surface area (Å²) in [4.78, 5) is 22.4. The molecule has 0 saturated heterocycles. The van der Waals surface area contributed by atoms with Crippen molar-refractivity contribution in [2.75, 3.05) is 0 Å². The molecule has 0 aliphatic carbocycles. The number of nitro benzene ring substituents is 1. The first-order valence-corrected chi connectivity index (χ1v) is 8.03. The van der Waals surface area contributed by atoms with Gasteiger partial charge in [-0.25, -0.2) is 0 Å². The van der Waals surface area contributed by atoms with Crippen LogP contribution in [0.1, 0.15) is 23.7 Å². The summed E-state index contributed by atoms with van der Waals surface area (Å²) in [5, 5.41) is 29.5. The fraction of sp³-hybridized carbons (Fsp3) is 0.167. The van der Waals surface area contributed by atoms with Crippen LogP contribution in [0, 0.1) is 10.1 Å². The second kappa shape index (κ2) is 7.14. The van der Waals surface area contributed by atoms with Gasteiger partial charge in [-0.05, 0) is 18.6 Å². The average Bonchev–Trinajstić information content (AvgIpc) is 2.92. The molecule has 1 amide bonds. The second-order valence-electron chi connectivity index (χ2n) is 5.65. The summed E-state index contributed by atoms with van der Waals surface area (Å²) in [6.45, 7) is 2.59. The number of benzene rings is 2. The Labute approximate surface area is 148 Å². The van der Waals surface area contributed by atoms with Crippen LogP contribution in [0.15, 0.2) is 58.8 Å². The number of aromatic nitrogens is 1. The predicted octanol–water partition coefficient (Wildman–Crippen LogP) is 4.59. The molecule has 0 atom stereocenters. The average molecular weight is 352 g/mol. The minimum Gasteiger partial charge on any atom is -0.493 e. The maximum Gasteiger partial charge on any atom is 0.295 e. The standard InChI is InChI=1S/C18H16N4O4/c1-2-10-21-15-9-4-3-8-14(15)16(18(21)24)19-20-17(23)12-6-5-7-13(11-12)22(25)26/h3-9,11,24H,2,10H2,1H3. The van der Waals surface area contributed by atoms with Crippen LogP contribution in [0.4, 0.5) is 11.4 Å². The van der Waals surface area contributed by atoms with Gasteiger partial charge in [-0.3, -0.25) is 14.9 Å². The molecule has 1 aromatic heterocycles. The van der Waals surface area contributed by atoms with Gasteiger partial charge in [0.05, 0.1) is 16.0 Å². The highest BCUT2D eigenvalue weighted by Gasteiger charge is 2.17. The lowest BCUT2D eigenvalue weighted by atomic mass is 10.2. The first-order valence-electron chi connectivity index (χ1n) is 8.03. The van der Waals surface area contributed by atoms with Crippen LogP contribution in [0.3, 0.4) is 0 Å². The molecule has 3 aromatic rings. The molecule has 8 heteroatoms. The number of hydrogen-bond donors (Lipinski definition) is 1. The number of carbonyl (C=O) groups excluding carboxylic acids is 1. The molecule has 0 bridgehead atoms. The van der Waals surface area contributed by atoms with E-state index < -0.39 is 10.8 Å². The van der Waals surface area contributed by atoms with Gasteiger partial charge in [0.25, 0.3) is 11.6 Å². The van der Waals surface area contributed by atoms with Gasteiger partial charge < -0.3 is 9.67 Å². The summed E-state index contributed by atoms with van der Waals surface area (Å²) in [7, 11) is 0. The van der Waals surface area contributed by atoms with E-state index in [0.717, 1.165) is 18.0 Å². The third-order valence-electron chi connectivity index (χ3n) is 3.91. The zero-order chi connectivity index (χ0) is 18.7. The Kier molecular flexibility index (Phi) is 4.74. The zero-order valence-electron chi connectivity index (χ0n) is 14.0. The Bertz CT molecular complexity index is 1020. The number of azo groups is 1. The highest BCUT2D eigenvalue weighted by molar-refractivity contribution is 5.97. The van der Waals surface area contributed by atoms with E-state index in [1.165, 1.54) is 18.2 Å². The second-order valence-corrected chi connectivity index (χ2v) is 5.65. The van der Waals surface area contributed by atoms with Crippen molar-refractivity contribution in [2.24, 2.45) is 10.2 Å². The SMILES string of the molecule is CCCn1c(O)c(N=NC(=O)c2cccc([N+](=O)[O-])c2)c2ccccc21. The van der Waals surface area contributed by atoms with Crippen LogP contribution in [0.25, 0.3) is 10.9 Å². The van der Waals surface area contributed by atoms with Crippen molar-refractivity contribution in [3.8, 4) is 5.88 Å². The normalized spacial score (nSPS) is 11.3. The largest absolute Gasteiger partial charge is 0.493 e. The number of carbonyl (C=O) groups is 1. The summed E-state index contributed by atoms with van der Waals surface area (Å²) >= 11 is 0. The Morgan fingerprint density at radius 2 is 2.00 bits per heavy atom. The summed E-state index contributed by atoms with van der Waals surface area (Å²) in [6, 6.07) is 12.6. The van der Waals surface area contributed by atoms with Gasteiger partial charge in [0.15, 0.2) is 5.69 Å². The Morgan fingerprint density at radius 3 is 2.73 bits per heavy atom. The van der Waals surface area contributed by atoms with Crippen molar-refractivity contribution in [1.82, 2.24) is 4.57 Å². The van der Waals surface area contributed by atoms with Crippen molar-refractivity contribution in [2.45, 2.75) is 19.9 Å². The van der Waals surface area contributed by atoms with Gasteiger partial charge in [0.1, 0.15) is 0 Å².